The summed E-state index contributed by atoms with van der Waals surface area (Å²) in [5, 5.41) is 2.21. The third kappa shape index (κ3) is 6.20. The molecule has 0 spiro atoms. The summed E-state index contributed by atoms with van der Waals surface area (Å²) in [4.78, 5) is 0. The molecule has 0 aromatic carbocycles. The molecule has 0 radical (unpaired) electrons. The average molecular weight is 233 g/mol. The molecule has 0 heterocycles. The van der Waals surface area contributed by atoms with Gasteiger partial charge in [0.1, 0.15) is 15.9 Å². The highest BCUT2D eigenvalue weighted by Gasteiger charge is 2.38. The summed E-state index contributed by atoms with van der Waals surface area (Å²) in [7, 11) is -3.34. The van der Waals surface area contributed by atoms with Crippen molar-refractivity contribution >= 4 is 9.84 Å². The summed E-state index contributed by atoms with van der Waals surface area (Å²) in [6.45, 7) is 1.70. The summed E-state index contributed by atoms with van der Waals surface area (Å²) in [5.41, 5.74) is 0. The van der Waals surface area contributed by atoms with Crippen LogP contribution in [0.25, 0.3) is 0 Å². The Kier molecular flexibility index (Phi) is 4.87. The molecule has 86 valence electrons. The van der Waals surface area contributed by atoms with E-state index in [1.165, 1.54) is 0 Å². The van der Waals surface area contributed by atoms with E-state index in [4.69, 9.17) is 0 Å². The van der Waals surface area contributed by atoms with Crippen LogP contribution in [0.4, 0.5) is 13.2 Å². The molecule has 0 aromatic heterocycles. The molecule has 0 amide bonds. The highest BCUT2D eigenvalue weighted by molar-refractivity contribution is 7.90. The topological polar surface area (TPSA) is 46.2 Å². The van der Waals surface area contributed by atoms with Gasteiger partial charge >= 0.3 is 6.18 Å². The number of alkyl halides is 3. The standard InChI is InChI=1S/C7H14F3NO2S/c1-3-11-6(7(8,9)10)4-5-14(2,12)13/h6,11H,3-5H2,1-2H3. The summed E-state index contributed by atoms with van der Waals surface area (Å²) >= 11 is 0. The number of nitrogens with one attached hydrogen (secondary N) is 1. The van der Waals surface area contributed by atoms with E-state index in [9.17, 15) is 21.6 Å². The van der Waals surface area contributed by atoms with Gasteiger partial charge in [-0.15, -0.1) is 0 Å². The smallest absolute Gasteiger partial charge is 0.306 e. The molecule has 0 saturated heterocycles. The minimum Gasteiger partial charge on any atom is -0.306 e. The maximum absolute atomic E-state index is 12.2. The first-order valence-electron chi connectivity index (χ1n) is 4.14. The van der Waals surface area contributed by atoms with Gasteiger partial charge in [-0.3, -0.25) is 0 Å². The molecular weight excluding hydrogens is 219 g/mol. The maximum atomic E-state index is 12.2. The third-order valence-electron chi connectivity index (χ3n) is 1.62. The molecule has 1 unspecified atom stereocenters. The SMILES string of the molecule is CCNC(CCS(C)(=O)=O)C(F)(F)F. The van der Waals surface area contributed by atoms with Gasteiger partial charge in [-0.25, -0.2) is 8.42 Å². The molecule has 0 bridgehead atoms. The zero-order valence-corrected chi connectivity index (χ0v) is 8.87. The fraction of sp³-hybridized carbons (Fsp3) is 1.00. The van der Waals surface area contributed by atoms with Crippen LogP contribution in [0, 0.1) is 0 Å². The lowest BCUT2D eigenvalue weighted by Gasteiger charge is -2.20. The highest BCUT2D eigenvalue weighted by Crippen LogP contribution is 2.22. The van der Waals surface area contributed by atoms with Crippen LogP contribution < -0.4 is 5.32 Å². The quantitative estimate of drug-likeness (QED) is 0.769. The molecule has 0 aromatic rings. The Labute approximate surface area is 81.6 Å². The fourth-order valence-corrected chi connectivity index (χ4v) is 1.62. The van der Waals surface area contributed by atoms with Crippen molar-refractivity contribution in [2.45, 2.75) is 25.6 Å². The van der Waals surface area contributed by atoms with Crippen LogP contribution in [0.1, 0.15) is 13.3 Å². The van der Waals surface area contributed by atoms with Gasteiger partial charge in [0.2, 0.25) is 0 Å². The van der Waals surface area contributed by atoms with E-state index < -0.39 is 34.2 Å². The van der Waals surface area contributed by atoms with Crippen molar-refractivity contribution < 1.29 is 21.6 Å². The highest BCUT2D eigenvalue weighted by atomic mass is 32.2. The van der Waals surface area contributed by atoms with Gasteiger partial charge in [0, 0.05) is 6.26 Å². The second-order valence-electron chi connectivity index (χ2n) is 3.07. The second-order valence-corrected chi connectivity index (χ2v) is 5.33. The molecule has 0 aliphatic carbocycles. The van der Waals surface area contributed by atoms with Crippen molar-refractivity contribution in [2.75, 3.05) is 18.6 Å². The average Bonchev–Trinajstić information content (AvgIpc) is 1.93. The number of halogens is 3. The Balaban J connectivity index is 4.25. The van der Waals surface area contributed by atoms with Crippen LogP contribution in [-0.4, -0.2) is 39.2 Å². The van der Waals surface area contributed by atoms with E-state index in [2.05, 4.69) is 5.32 Å². The summed E-state index contributed by atoms with van der Waals surface area (Å²) < 4.78 is 58.0. The monoisotopic (exact) mass is 233 g/mol. The Bertz CT molecular complexity index is 261. The first kappa shape index (κ1) is 13.7. The van der Waals surface area contributed by atoms with Gasteiger partial charge in [-0.1, -0.05) is 6.92 Å². The van der Waals surface area contributed by atoms with Crippen LogP contribution in [-0.2, 0) is 9.84 Å². The molecule has 1 atom stereocenters. The number of rotatable bonds is 5. The minimum atomic E-state index is -4.39. The van der Waals surface area contributed by atoms with Crippen molar-refractivity contribution in [3.05, 3.63) is 0 Å². The summed E-state index contributed by atoms with van der Waals surface area (Å²) in [6.07, 6.45) is -3.90. The third-order valence-corrected chi connectivity index (χ3v) is 2.60. The molecular formula is C7H14F3NO2S. The van der Waals surface area contributed by atoms with Crippen LogP contribution >= 0.6 is 0 Å². The lowest BCUT2D eigenvalue weighted by atomic mass is 10.2. The summed E-state index contributed by atoms with van der Waals surface area (Å²) in [6, 6.07) is -1.73. The summed E-state index contributed by atoms with van der Waals surface area (Å²) in [5.74, 6) is -0.454. The Hall–Kier alpha value is -0.300. The molecule has 14 heavy (non-hydrogen) atoms. The lowest BCUT2D eigenvalue weighted by Crippen LogP contribution is -2.43. The van der Waals surface area contributed by atoms with Crippen molar-refractivity contribution in [3.8, 4) is 0 Å². The van der Waals surface area contributed by atoms with E-state index in [1.807, 2.05) is 0 Å². The fourth-order valence-electron chi connectivity index (χ4n) is 0.960. The minimum absolute atomic E-state index is 0.161. The predicted octanol–water partition coefficient (Wildman–Crippen LogP) is 0.962. The zero-order chi connectivity index (χ0) is 11.4. The van der Waals surface area contributed by atoms with Crippen LogP contribution in [0.15, 0.2) is 0 Å². The molecule has 3 nitrogen and oxygen atoms in total. The molecule has 0 aliphatic heterocycles. The van der Waals surface area contributed by atoms with E-state index >= 15 is 0 Å². The van der Waals surface area contributed by atoms with E-state index in [1.54, 1.807) is 6.92 Å². The maximum Gasteiger partial charge on any atom is 0.403 e. The molecule has 7 heteroatoms. The van der Waals surface area contributed by atoms with Crippen molar-refractivity contribution in [1.29, 1.82) is 0 Å². The van der Waals surface area contributed by atoms with Gasteiger partial charge in [0.25, 0.3) is 0 Å². The van der Waals surface area contributed by atoms with E-state index in [-0.39, 0.29) is 6.54 Å². The Morgan fingerprint density at radius 2 is 1.86 bits per heavy atom. The number of hydrogen-bond donors (Lipinski definition) is 1. The predicted molar refractivity (Wildman–Crippen MR) is 47.8 cm³/mol. The van der Waals surface area contributed by atoms with Gasteiger partial charge in [0.15, 0.2) is 0 Å². The first-order valence-corrected chi connectivity index (χ1v) is 6.20. The number of sulfone groups is 1. The van der Waals surface area contributed by atoms with Crippen LogP contribution in [0.2, 0.25) is 0 Å². The number of hydrogen-bond acceptors (Lipinski definition) is 3. The Morgan fingerprint density at radius 3 is 2.14 bits per heavy atom. The largest absolute Gasteiger partial charge is 0.403 e. The lowest BCUT2D eigenvalue weighted by molar-refractivity contribution is -0.155. The van der Waals surface area contributed by atoms with Crippen molar-refractivity contribution in [3.63, 3.8) is 0 Å². The zero-order valence-electron chi connectivity index (χ0n) is 8.06. The molecule has 1 N–H and O–H groups in total. The Morgan fingerprint density at radius 1 is 1.36 bits per heavy atom. The van der Waals surface area contributed by atoms with Crippen LogP contribution in [0.5, 0.6) is 0 Å². The van der Waals surface area contributed by atoms with E-state index in [0.717, 1.165) is 6.26 Å². The van der Waals surface area contributed by atoms with Gasteiger partial charge in [-0.05, 0) is 13.0 Å². The van der Waals surface area contributed by atoms with E-state index in [0.29, 0.717) is 0 Å². The second kappa shape index (κ2) is 4.97. The van der Waals surface area contributed by atoms with Gasteiger partial charge in [-0.2, -0.15) is 13.2 Å². The molecule has 0 aliphatic rings. The molecule has 0 saturated carbocycles. The first-order chi connectivity index (χ1) is 6.17. The van der Waals surface area contributed by atoms with Crippen LogP contribution in [0.3, 0.4) is 0 Å². The van der Waals surface area contributed by atoms with Gasteiger partial charge < -0.3 is 5.32 Å². The van der Waals surface area contributed by atoms with Crippen molar-refractivity contribution in [2.24, 2.45) is 0 Å². The van der Waals surface area contributed by atoms with Gasteiger partial charge in [0.05, 0.1) is 5.75 Å². The molecule has 0 rings (SSSR count). The van der Waals surface area contributed by atoms with Crippen molar-refractivity contribution in [1.82, 2.24) is 5.32 Å². The normalized spacial score (nSPS) is 15.5. The molecule has 0 fully saturated rings.